The van der Waals surface area contributed by atoms with E-state index in [-0.39, 0.29) is 15.7 Å². The number of rotatable bonds is 3. The molecule has 0 saturated carbocycles. The Morgan fingerprint density at radius 1 is 1.00 bits per heavy atom. The van der Waals surface area contributed by atoms with Gasteiger partial charge in [-0.1, -0.05) is 23.2 Å². The van der Waals surface area contributed by atoms with E-state index in [0.29, 0.717) is 11.8 Å². The van der Waals surface area contributed by atoms with Gasteiger partial charge in [-0.15, -0.1) is 0 Å². The summed E-state index contributed by atoms with van der Waals surface area (Å²) in [6.07, 6.45) is -4.76. The second-order valence-corrected chi connectivity index (χ2v) is 5.79. The highest BCUT2D eigenvalue weighted by Crippen LogP contribution is 2.36. The Morgan fingerprint density at radius 3 is 2.23 bits per heavy atom. The fourth-order valence-electron chi connectivity index (χ4n) is 1.97. The van der Waals surface area contributed by atoms with Crippen LogP contribution < -0.4 is 15.4 Å². The lowest BCUT2D eigenvalue weighted by Gasteiger charge is -2.14. The standard InChI is InChI=1S/C16H11Cl2F3N2O3/c1-26-13-5-3-9(7-11(13)18)22-14(24)15(25)23-12-4-2-8(17)6-10(12)16(19,20)21/h2-7H,1H3,(H,22,24)(H,23,25). The molecule has 0 aliphatic heterocycles. The Bertz CT molecular complexity index is 857. The number of amides is 2. The Balaban J connectivity index is 2.15. The number of carbonyl (C=O) groups excluding carboxylic acids is 2. The number of ether oxygens (including phenoxy) is 1. The van der Waals surface area contributed by atoms with Crippen LogP contribution in [0.25, 0.3) is 0 Å². The van der Waals surface area contributed by atoms with Crippen LogP contribution in [-0.2, 0) is 15.8 Å². The van der Waals surface area contributed by atoms with Crippen molar-refractivity contribution in [2.75, 3.05) is 17.7 Å². The molecule has 0 aromatic heterocycles. The Kier molecular flexibility index (Phi) is 5.99. The zero-order chi connectivity index (χ0) is 19.5. The van der Waals surface area contributed by atoms with E-state index >= 15 is 0 Å². The maximum absolute atomic E-state index is 13.0. The fraction of sp³-hybridized carbons (Fsp3) is 0.125. The molecular weight excluding hydrogens is 396 g/mol. The van der Waals surface area contributed by atoms with E-state index in [2.05, 4.69) is 5.32 Å². The fourth-order valence-corrected chi connectivity index (χ4v) is 2.40. The van der Waals surface area contributed by atoms with Gasteiger partial charge in [-0.2, -0.15) is 13.2 Å². The lowest BCUT2D eigenvalue weighted by molar-refractivity contribution is -0.137. The minimum Gasteiger partial charge on any atom is -0.495 e. The van der Waals surface area contributed by atoms with Crippen LogP contribution in [0.4, 0.5) is 24.5 Å². The summed E-state index contributed by atoms with van der Waals surface area (Å²) in [5, 5.41) is 4.16. The molecule has 2 amide bonds. The number of methoxy groups -OCH3 is 1. The smallest absolute Gasteiger partial charge is 0.418 e. The van der Waals surface area contributed by atoms with Crippen molar-refractivity contribution in [2.24, 2.45) is 0 Å². The van der Waals surface area contributed by atoms with E-state index < -0.39 is 29.2 Å². The highest BCUT2D eigenvalue weighted by Gasteiger charge is 2.34. The van der Waals surface area contributed by atoms with Crippen LogP contribution in [0.5, 0.6) is 5.75 Å². The normalized spacial score (nSPS) is 11.0. The zero-order valence-electron chi connectivity index (χ0n) is 13.1. The zero-order valence-corrected chi connectivity index (χ0v) is 14.6. The topological polar surface area (TPSA) is 67.4 Å². The molecule has 5 nitrogen and oxygen atoms in total. The lowest BCUT2D eigenvalue weighted by Crippen LogP contribution is -2.30. The van der Waals surface area contributed by atoms with Gasteiger partial charge in [-0.3, -0.25) is 9.59 Å². The molecule has 0 fully saturated rings. The first-order chi connectivity index (χ1) is 12.1. The van der Waals surface area contributed by atoms with E-state index in [9.17, 15) is 22.8 Å². The summed E-state index contributed by atoms with van der Waals surface area (Å²) in [5.74, 6) is -2.11. The number of alkyl halides is 3. The van der Waals surface area contributed by atoms with E-state index in [1.54, 1.807) is 0 Å². The third-order valence-electron chi connectivity index (χ3n) is 3.15. The summed E-state index contributed by atoms with van der Waals surface area (Å²) < 4.78 is 44.0. The Labute approximate surface area is 156 Å². The van der Waals surface area contributed by atoms with Gasteiger partial charge in [0.1, 0.15) is 5.75 Å². The first kappa shape index (κ1) is 19.9. The average Bonchev–Trinajstić information content (AvgIpc) is 2.55. The molecule has 0 aliphatic carbocycles. The predicted octanol–water partition coefficient (Wildman–Crippen LogP) is 4.60. The van der Waals surface area contributed by atoms with Crippen molar-refractivity contribution in [3.8, 4) is 5.75 Å². The molecule has 0 spiro atoms. The van der Waals surface area contributed by atoms with Gasteiger partial charge >= 0.3 is 18.0 Å². The summed E-state index contributed by atoms with van der Waals surface area (Å²) in [4.78, 5) is 23.8. The number of anilines is 2. The van der Waals surface area contributed by atoms with Gasteiger partial charge in [0.2, 0.25) is 0 Å². The van der Waals surface area contributed by atoms with Crippen LogP contribution in [0.15, 0.2) is 36.4 Å². The summed E-state index contributed by atoms with van der Waals surface area (Å²) in [7, 11) is 1.40. The third kappa shape index (κ3) is 4.80. The van der Waals surface area contributed by atoms with Crippen molar-refractivity contribution in [1.29, 1.82) is 0 Å². The van der Waals surface area contributed by atoms with Crippen molar-refractivity contribution in [1.82, 2.24) is 0 Å². The highest BCUT2D eigenvalue weighted by atomic mass is 35.5. The molecule has 138 valence electrons. The van der Waals surface area contributed by atoms with Crippen LogP contribution >= 0.6 is 23.2 Å². The maximum Gasteiger partial charge on any atom is 0.418 e. The first-order valence-electron chi connectivity index (χ1n) is 6.94. The maximum atomic E-state index is 13.0. The van der Waals surface area contributed by atoms with Gasteiger partial charge in [0, 0.05) is 10.7 Å². The molecule has 0 bridgehead atoms. The molecule has 0 heterocycles. The van der Waals surface area contributed by atoms with E-state index in [4.69, 9.17) is 27.9 Å². The second-order valence-electron chi connectivity index (χ2n) is 4.95. The van der Waals surface area contributed by atoms with Gasteiger partial charge in [0.25, 0.3) is 0 Å². The minimum atomic E-state index is -4.76. The monoisotopic (exact) mass is 406 g/mol. The molecule has 0 atom stereocenters. The number of hydrogen-bond donors (Lipinski definition) is 2. The quantitative estimate of drug-likeness (QED) is 0.732. The molecule has 2 rings (SSSR count). The predicted molar refractivity (Wildman–Crippen MR) is 91.7 cm³/mol. The molecule has 10 heteroatoms. The van der Waals surface area contributed by atoms with Gasteiger partial charge in [-0.25, -0.2) is 0 Å². The van der Waals surface area contributed by atoms with Crippen LogP contribution in [0.2, 0.25) is 10.0 Å². The van der Waals surface area contributed by atoms with Gasteiger partial charge in [0.15, 0.2) is 0 Å². The average molecular weight is 407 g/mol. The number of halogens is 5. The number of hydrogen-bond acceptors (Lipinski definition) is 3. The van der Waals surface area contributed by atoms with Gasteiger partial charge < -0.3 is 15.4 Å². The second kappa shape index (κ2) is 7.84. The largest absolute Gasteiger partial charge is 0.495 e. The van der Waals surface area contributed by atoms with E-state index in [0.717, 1.165) is 12.1 Å². The minimum absolute atomic E-state index is 0.160. The number of benzene rings is 2. The van der Waals surface area contributed by atoms with Crippen LogP contribution in [-0.4, -0.2) is 18.9 Å². The summed E-state index contributed by atoms with van der Waals surface area (Å²) >= 11 is 11.4. The first-order valence-corrected chi connectivity index (χ1v) is 7.70. The van der Waals surface area contributed by atoms with Crippen molar-refractivity contribution < 1.29 is 27.5 Å². The van der Waals surface area contributed by atoms with Crippen LogP contribution in [0, 0.1) is 0 Å². The molecule has 0 saturated heterocycles. The van der Waals surface area contributed by atoms with Crippen LogP contribution in [0.1, 0.15) is 5.56 Å². The number of carbonyl (C=O) groups is 2. The molecule has 0 aliphatic rings. The summed E-state index contributed by atoms with van der Waals surface area (Å²) in [6, 6.07) is 6.97. The van der Waals surface area contributed by atoms with Crippen molar-refractivity contribution >= 4 is 46.4 Å². The SMILES string of the molecule is COc1ccc(NC(=O)C(=O)Nc2ccc(Cl)cc2C(F)(F)F)cc1Cl. The lowest BCUT2D eigenvalue weighted by atomic mass is 10.1. The molecule has 26 heavy (non-hydrogen) atoms. The Morgan fingerprint density at radius 2 is 1.65 bits per heavy atom. The Hall–Kier alpha value is -2.45. The van der Waals surface area contributed by atoms with Gasteiger partial charge in [-0.05, 0) is 36.4 Å². The summed E-state index contributed by atoms with van der Waals surface area (Å²) in [5.41, 5.74) is -1.59. The molecule has 0 radical (unpaired) electrons. The molecular formula is C16H11Cl2F3N2O3. The molecule has 2 aromatic carbocycles. The molecule has 0 unspecified atom stereocenters. The third-order valence-corrected chi connectivity index (χ3v) is 3.68. The molecule has 2 aromatic rings. The highest BCUT2D eigenvalue weighted by molar-refractivity contribution is 6.44. The van der Waals surface area contributed by atoms with Crippen molar-refractivity contribution in [3.05, 3.63) is 52.0 Å². The van der Waals surface area contributed by atoms with Crippen molar-refractivity contribution in [3.63, 3.8) is 0 Å². The number of nitrogens with one attached hydrogen (secondary N) is 2. The van der Waals surface area contributed by atoms with E-state index in [1.807, 2.05) is 5.32 Å². The van der Waals surface area contributed by atoms with Crippen LogP contribution in [0.3, 0.4) is 0 Å². The van der Waals surface area contributed by atoms with E-state index in [1.165, 1.54) is 25.3 Å². The molecule has 2 N–H and O–H groups in total. The van der Waals surface area contributed by atoms with Gasteiger partial charge in [0.05, 0.1) is 23.4 Å². The summed E-state index contributed by atoms with van der Waals surface area (Å²) in [6.45, 7) is 0. The van der Waals surface area contributed by atoms with Crippen molar-refractivity contribution in [2.45, 2.75) is 6.18 Å².